The highest BCUT2D eigenvalue weighted by molar-refractivity contribution is 5.88. The Bertz CT molecular complexity index is 243. The molecule has 3 heteroatoms. The molecule has 1 saturated heterocycles. The van der Waals surface area contributed by atoms with Gasteiger partial charge >= 0.3 is 5.97 Å². The van der Waals surface area contributed by atoms with Crippen LogP contribution in [-0.2, 0) is 14.3 Å². The molecule has 1 aliphatic rings. The van der Waals surface area contributed by atoms with Gasteiger partial charge in [0, 0.05) is 6.42 Å². The van der Waals surface area contributed by atoms with Crippen LogP contribution in [0.3, 0.4) is 0 Å². The fourth-order valence-electron chi connectivity index (χ4n) is 1.44. The summed E-state index contributed by atoms with van der Waals surface area (Å²) in [7, 11) is 0. The zero-order chi connectivity index (χ0) is 10.7. The maximum absolute atomic E-state index is 11.4. The summed E-state index contributed by atoms with van der Waals surface area (Å²) in [6.45, 7) is 8.12. The normalized spacial score (nSPS) is 29.7. The quantitative estimate of drug-likeness (QED) is 0.504. The van der Waals surface area contributed by atoms with E-state index in [1.165, 1.54) is 0 Å². The number of carbonyl (C=O) groups excluding carboxylic acids is 1. The molecule has 1 aliphatic heterocycles. The SMILES string of the molecule is CCOC(=O)/C(C)=C1/C[C@H](C)[C@H](C)O1. The third-order valence-electron chi connectivity index (χ3n) is 2.64. The van der Waals surface area contributed by atoms with Crippen molar-refractivity contribution in [1.82, 2.24) is 0 Å². The van der Waals surface area contributed by atoms with E-state index in [0.717, 1.165) is 12.2 Å². The van der Waals surface area contributed by atoms with Gasteiger partial charge in [-0.15, -0.1) is 0 Å². The van der Waals surface area contributed by atoms with Gasteiger partial charge in [-0.1, -0.05) is 6.92 Å². The Morgan fingerprint density at radius 3 is 2.64 bits per heavy atom. The first-order valence-corrected chi connectivity index (χ1v) is 5.09. The van der Waals surface area contributed by atoms with Crippen molar-refractivity contribution in [2.75, 3.05) is 6.61 Å². The molecule has 0 N–H and O–H groups in total. The van der Waals surface area contributed by atoms with Gasteiger partial charge in [0.2, 0.25) is 0 Å². The van der Waals surface area contributed by atoms with Gasteiger partial charge in [0.15, 0.2) is 0 Å². The number of esters is 1. The number of carbonyl (C=O) groups is 1. The van der Waals surface area contributed by atoms with Crippen molar-refractivity contribution in [3.05, 3.63) is 11.3 Å². The average molecular weight is 198 g/mol. The second-order valence-corrected chi connectivity index (χ2v) is 3.77. The second-order valence-electron chi connectivity index (χ2n) is 3.77. The molecule has 0 amide bonds. The Morgan fingerprint density at radius 1 is 1.57 bits per heavy atom. The molecular weight excluding hydrogens is 180 g/mol. The molecule has 0 spiro atoms. The van der Waals surface area contributed by atoms with E-state index in [0.29, 0.717) is 18.1 Å². The van der Waals surface area contributed by atoms with E-state index in [2.05, 4.69) is 6.92 Å². The Balaban J connectivity index is 2.70. The monoisotopic (exact) mass is 198 g/mol. The van der Waals surface area contributed by atoms with Crippen LogP contribution in [0.5, 0.6) is 0 Å². The van der Waals surface area contributed by atoms with E-state index < -0.39 is 0 Å². The molecule has 0 aromatic heterocycles. The van der Waals surface area contributed by atoms with Crippen LogP contribution in [-0.4, -0.2) is 18.7 Å². The number of allylic oxidation sites excluding steroid dienone is 1. The summed E-state index contributed by atoms with van der Waals surface area (Å²) in [5.74, 6) is 1.02. The van der Waals surface area contributed by atoms with Crippen LogP contribution in [0.15, 0.2) is 11.3 Å². The van der Waals surface area contributed by atoms with Crippen LogP contribution in [0.4, 0.5) is 0 Å². The van der Waals surface area contributed by atoms with Crippen molar-refractivity contribution < 1.29 is 14.3 Å². The molecule has 0 bridgehead atoms. The summed E-state index contributed by atoms with van der Waals surface area (Å²) in [4.78, 5) is 11.4. The molecule has 0 aliphatic carbocycles. The average Bonchev–Trinajstić information content (AvgIpc) is 2.46. The third-order valence-corrected chi connectivity index (χ3v) is 2.64. The van der Waals surface area contributed by atoms with E-state index in [9.17, 15) is 4.79 Å². The van der Waals surface area contributed by atoms with Gasteiger partial charge in [-0.3, -0.25) is 0 Å². The van der Waals surface area contributed by atoms with E-state index in [1.807, 2.05) is 6.92 Å². The highest BCUT2D eigenvalue weighted by Gasteiger charge is 2.28. The smallest absolute Gasteiger partial charge is 0.337 e. The minimum atomic E-state index is -0.260. The fraction of sp³-hybridized carbons (Fsp3) is 0.727. The zero-order valence-electron chi connectivity index (χ0n) is 9.29. The van der Waals surface area contributed by atoms with E-state index in [4.69, 9.17) is 9.47 Å². The van der Waals surface area contributed by atoms with Crippen molar-refractivity contribution in [3.63, 3.8) is 0 Å². The molecule has 0 radical (unpaired) electrons. The molecular formula is C11H18O3. The van der Waals surface area contributed by atoms with E-state index in [-0.39, 0.29) is 12.1 Å². The first-order valence-electron chi connectivity index (χ1n) is 5.09. The topological polar surface area (TPSA) is 35.5 Å². The van der Waals surface area contributed by atoms with Gasteiger partial charge in [-0.25, -0.2) is 4.79 Å². The summed E-state index contributed by atoms with van der Waals surface area (Å²) in [6.07, 6.45) is 1.04. The number of ether oxygens (including phenoxy) is 2. The van der Waals surface area contributed by atoms with Crippen molar-refractivity contribution in [1.29, 1.82) is 0 Å². The molecule has 0 aromatic carbocycles. The number of hydrogen-bond donors (Lipinski definition) is 0. The van der Waals surface area contributed by atoms with Crippen LogP contribution >= 0.6 is 0 Å². The van der Waals surface area contributed by atoms with Gasteiger partial charge in [-0.2, -0.15) is 0 Å². The maximum atomic E-state index is 11.4. The maximum Gasteiger partial charge on any atom is 0.337 e. The molecule has 0 unspecified atom stereocenters. The fourth-order valence-corrected chi connectivity index (χ4v) is 1.44. The van der Waals surface area contributed by atoms with Crippen LogP contribution in [0.1, 0.15) is 34.1 Å². The Morgan fingerprint density at radius 2 is 2.21 bits per heavy atom. The summed E-state index contributed by atoms with van der Waals surface area (Å²) in [6, 6.07) is 0. The van der Waals surface area contributed by atoms with E-state index >= 15 is 0 Å². The lowest BCUT2D eigenvalue weighted by molar-refractivity contribution is -0.138. The molecule has 2 atom stereocenters. The Labute approximate surface area is 85.1 Å². The molecule has 80 valence electrons. The predicted octanol–water partition coefficient (Wildman–Crippen LogP) is 2.27. The highest BCUT2D eigenvalue weighted by Crippen LogP contribution is 2.30. The minimum absolute atomic E-state index is 0.203. The first kappa shape index (κ1) is 11.1. The lowest BCUT2D eigenvalue weighted by Gasteiger charge is -2.08. The summed E-state index contributed by atoms with van der Waals surface area (Å²) < 4.78 is 10.5. The highest BCUT2D eigenvalue weighted by atomic mass is 16.5. The van der Waals surface area contributed by atoms with Gasteiger partial charge < -0.3 is 9.47 Å². The van der Waals surface area contributed by atoms with Gasteiger partial charge in [0.25, 0.3) is 0 Å². The standard InChI is InChI=1S/C11H18O3/c1-5-13-11(12)8(3)10-6-7(2)9(4)14-10/h7,9H,5-6H2,1-4H3/b10-8-/t7-,9-/m0/s1. The van der Waals surface area contributed by atoms with Crippen LogP contribution in [0, 0.1) is 5.92 Å². The molecule has 0 aromatic rings. The molecule has 1 heterocycles. The Kier molecular flexibility index (Phi) is 3.55. The number of hydrogen-bond acceptors (Lipinski definition) is 3. The third kappa shape index (κ3) is 2.28. The van der Waals surface area contributed by atoms with Gasteiger partial charge in [-0.05, 0) is 26.7 Å². The van der Waals surface area contributed by atoms with Gasteiger partial charge in [0.1, 0.15) is 5.76 Å². The van der Waals surface area contributed by atoms with E-state index in [1.54, 1.807) is 13.8 Å². The summed E-state index contributed by atoms with van der Waals surface area (Å²) >= 11 is 0. The molecule has 3 nitrogen and oxygen atoms in total. The minimum Gasteiger partial charge on any atom is -0.494 e. The largest absolute Gasteiger partial charge is 0.494 e. The van der Waals surface area contributed by atoms with Crippen molar-refractivity contribution >= 4 is 5.97 Å². The summed E-state index contributed by atoms with van der Waals surface area (Å²) in [5, 5.41) is 0. The van der Waals surface area contributed by atoms with Crippen LogP contribution in [0.25, 0.3) is 0 Å². The van der Waals surface area contributed by atoms with Crippen LogP contribution < -0.4 is 0 Å². The Hall–Kier alpha value is -0.990. The lowest BCUT2D eigenvalue weighted by atomic mass is 10.0. The summed E-state index contributed by atoms with van der Waals surface area (Å²) in [5.41, 5.74) is 0.614. The van der Waals surface area contributed by atoms with Gasteiger partial charge in [0.05, 0.1) is 18.3 Å². The van der Waals surface area contributed by atoms with Crippen molar-refractivity contribution in [3.8, 4) is 0 Å². The lowest BCUT2D eigenvalue weighted by Crippen LogP contribution is -2.08. The van der Waals surface area contributed by atoms with Crippen molar-refractivity contribution in [2.45, 2.75) is 40.2 Å². The first-order chi connectivity index (χ1) is 6.56. The van der Waals surface area contributed by atoms with Crippen molar-refractivity contribution in [2.24, 2.45) is 5.92 Å². The molecule has 1 rings (SSSR count). The predicted molar refractivity (Wildman–Crippen MR) is 53.7 cm³/mol. The second kappa shape index (κ2) is 4.49. The zero-order valence-corrected chi connectivity index (χ0v) is 9.29. The molecule has 14 heavy (non-hydrogen) atoms. The van der Waals surface area contributed by atoms with Crippen LogP contribution in [0.2, 0.25) is 0 Å². The molecule has 0 saturated carbocycles. The number of rotatable bonds is 2. The molecule has 1 fully saturated rings.